The lowest BCUT2D eigenvalue weighted by Crippen LogP contribution is -2.29. The first kappa shape index (κ1) is 17.8. The van der Waals surface area contributed by atoms with Crippen molar-refractivity contribution in [3.8, 4) is 22.8 Å². The zero-order valence-electron chi connectivity index (χ0n) is 15.1. The van der Waals surface area contributed by atoms with Crippen molar-refractivity contribution in [1.82, 2.24) is 10.1 Å². The summed E-state index contributed by atoms with van der Waals surface area (Å²) in [7, 11) is 0. The monoisotopic (exact) mass is 355 g/mol. The summed E-state index contributed by atoms with van der Waals surface area (Å²) in [6.45, 7) is 7.44. The highest BCUT2D eigenvalue weighted by molar-refractivity contribution is 5.73. The molecule has 0 aliphatic heterocycles. The van der Waals surface area contributed by atoms with Crippen molar-refractivity contribution < 1.29 is 14.0 Å². The van der Waals surface area contributed by atoms with E-state index in [0.29, 0.717) is 35.2 Å². The lowest BCUT2D eigenvalue weighted by Gasteiger charge is -2.19. The van der Waals surface area contributed by atoms with Crippen LogP contribution in [0.1, 0.15) is 25.4 Å². The lowest BCUT2D eigenvalue weighted by molar-refractivity contribution is 0.0945. The third-order valence-electron chi connectivity index (χ3n) is 3.78. The highest BCUT2D eigenvalue weighted by atomic mass is 16.5. The average molecular weight is 355 g/mol. The van der Waals surface area contributed by atoms with E-state index in [1.165, 1.54) is 0 Å². The van der Waals surface area contributed by atoms with Gasteiger partial charge in [-0.25, -0.2) is 5.53 Å². The van der Waals surface area contributed by atoms with E-state index in [2.05, 4.69) is 20.6 Å². The summed E-state index contributed by atoms with van der Waals surface area (Å²) < 4.78 is 10.9. The van der Waals surface area contributed by atoms with Crippen molar-refractivity contribution >= 4 is 11.4 Å². The summed E-state index contributed by atoms with van der Waals surface area (Å²) >= 11 is 0. The quantitative estimate of drug-likeness (QED) is 0.561. The summed E-state index contributed by atoms with van der Waals surface area (Å²) in [5, 5.41) is 20.5. The molecule has 0 spiro atoms. The molecule has 0 bridgehead atoms. The van der Waals surface area contributed by atoms with Crippen LogP contribution in [0, 0.1) is 19.4 Å². The first-order chi connectivity index (χ1) is 12.3. The Morgan fingerprint density at radius 1 is 1.27 bits per heavy atom. The predicted molar refractivity (Wildman–Crippen MR) is 96.5 cm³/mol. The number of furan rings is 1. The number of aryl methyl sites for hydroxylation is 2. The van der Waals surface area contributed by atoms with E-state index in [9.17, 15) is 5.11 Å². The summed E-state index contributed by atoms with van der Waals surface area (Å²) in [6.07, 6.45) is 0. The Labute approximate surface area is 150 Å². The van der Waals surface area contributed by atoms with E-state index in [4.69, 9.17) is 14.5 Å². The number of nitrogens with one attached hydrogen (secondary N) is 2. The Hall–Kier alpha value is -3.00. The van der Waals surface area contributed by atoms with Gasteiger partial charge in [0.1, 0.15) is 17.2 Å². The van der Waals surface area contributed by atoms with Crippen LogP contribution in [-0.2, 0) is 0 Å². The maximum absolute atomic E-state index is 9.83. The molecule has 0 saturated carbocycles. The molecule has 0 radical (unpaired) electrons. The number of nitrogens with zero attached hydrogens (tertiary/aromatic N) is 3. The molecule has 3 N–H and O–H groups in total. The molecule has 2 heterocycles. The SMILES string of the molecule is Cc1cc(-c2noc(-c3ccc(NCC(C)(C)O)c(N=N)c3)n2)c(C)o1. The molecule has 0 unspecified atom stereocenters. The first-order valence-electron chi connectivity index (χ1n) is 8.16. The van der Waals surface area contributed by atoms with E-state index in [1.807, 2.05) is 19.9 Å². The minimum atomic E-state index is -0.875. The van der Waals surface area contributed by atoms with Gasteiger partial charge in [0, 0.05) is 12.1 Å². The summed E-state index contributed by atoms with van der Waals surface area (Å²) in [4.78, 5) is 4.41. The standard InChI is InChI=1S/C18H21N5O3/c1-10-7-13(11(2)25-10)16-21-17(26-23-16)12-5-6-14(15(8-12)22-19)20-9-18(3,4)24/h5-8,19-20,24H,9H2,1-4H3. The van der Waals surface area contributed by atoms with Crippen LogP contribution in [0.5, 0.6) is 0 Å². The molecule has 8 heteroatoms. The normalized spacial score (nSPS) is 11.6. The molecule has 26 heavy (non-hydrogen) atoms. The van der Waals surface area contributed by atoms with Crippen LogP contribution in [0.15, 0.2) is 38.3 Å². The number of aliphatic hydroxyl groups is 1. The van der Waals surface area contributed by atoms with Gasteiger partial charge in [-0.1, -0.05) is 5.16 Å². The number of rotatable bonds is 6. The van der Waals surface area contributed by atoms with Gasteiger partial charge >= 0.3 is 0 Å². The molecule has 0 amide bonds. The van der Waals surface area contributed by atoms with Crippen LogP contribution < -0.4 is 5.32 Å². The molecule has 3 rings (SSSR count). The largest absolute Gasteiger partial charge is 0.466 e. The Balaban J connectivity index is 1.88. The highest BCUT2D eigenvalue weighted by Gasteiger charge is 2.17. The maximum Gasteiger partial charge on any atom is 0.258 e. The predicted octanol–water partition coefficient (Wildman–Crippen LogP) is 4.46. The van der Waals surface area contributed by atoms with Crippen molar-refractivity contribution in [3.63, 3.8) is 0 Å². The van der Waals surface area contributed by atoms with Crippen LogP contribution in [-0.4, -0.2) is 27.4 Å². The Kier molecular flexibility index (Phi) is 4.60. The molecule has 0 atom stereocenters. The van der Waals surface area contributed by atoms with Crippen molar-refractivity contribution in [2.45, 2.75) is 33.3 Å². The van der Waals surface area contributed by atoms with Crippen LogP contribution in [0.2, 0.25) is 0 Å². The zero-order chi connectivity index (χ0) is 18.9. The van der Waals surface area contributed by atoms with E-state index >= 15 is 0 Å². The fraction of sp³-hybridized carbons (Fsp3) is 0.333. The third-order valence-corrected chi connectivity index (χ3v) is 3.78. The maximum atomic E-state index is 9.83. The van der Waals surface area contributed by atoms with Gasteiger partial charge in [0.15, 0.2) is 0 Å². The lowest BCUT2D eigenvalue weighted by atomic mass is 10.1. The number of anilines is 1. The summed E-state index contributed by atoms with van der Waals surface area (Å²) in [5.74, 6) is 2.28. The van der Waals surface area contributed by atoms with Crippen LogP contribution >= 0.6 is 0 Å². The molecule has 0 fully saturated rings. The van der Waals surface area contributed by atoms with Crippen molar-refractivity contribution in [2.75, 3.05) is 11.9 Å². The van der Waals surface area contributed by atoms with Gasteiger partial charge in [0.2, 0.25) is 5.82 Å². The molecule has 0 saturated heterocycles. The molecule has 8 nitrogen and oxygen atoms in total. The summed E-state index contributed by atoms with van der Waals surface area (Å²) in [5.41, 5.74) is 9.02. The molecule has 1 aromatic carbocycles. The third kappa shape index (κ3) is 3.80. The van der Waals surface area contributed by atoms with Gasteiger partial charge in [-0.05, 0) is 52.0 Å². The fourth-order valence-electron chi connectivity index (χ4n) is 2.52. The van der Waals surface area contributed by atoms with Gasteiger partial charge in [-0.3, -0.25) is 0 Å². The van der Waals surface area contributed by atoms with Crippen LogP contribution in [0.25, 0.3) is 22.8 Å². The molecule has 136 valence electrons. The Morgan fingerprint density at radius 3 is 2.65 bits per heavy atom. The van der Waals surface area contributed by atoms with Crippen molar-refractivity contribution in [3.05, 3.63) is 35.8 Å². The van der Waals surface area contributed by atoms with E-state index < -0.39 is 5.60 Å². The van der Waals surface area contributed by atoms with Crippen LogP contribution in [0.3, 0.4) is 0 Å². The molecule has 2 aromatic heterocycles. The van der Waals surface area contributed by atoms with E-state index in [0.717, 1.165) is 17.1 Å². The molecule has 3 aromatic rings. The topological polar surface area (TPSA) is 121 Å². The second kappa shape index (κ2) is 6.72. The van der Waals surface area contributed by atoms with Crippen LogP contribution in [0.4, 0.5) is 11.4 Å². The number of aromatic nitrogens is 2. The Morgan fingerprint density at radius 2 is 2.04 bits per heavy atom. The second-order valence-electron chi connectivity index (χ2n) is 6.76. The van der Waals surface area contributed by atoms with Gasteiger partial charge in [0.25, 0.3) is 5.89 Å². The van der Waals surface area contributed by atoms with Gasteiger partial charge in [-0.2, -0.15) is 10.1 Å². The highest BCUT2D eigenvalue weighted by Crippen LogP contribution is 2.32. The summed E-state index contributed by atoms with van der Waals surface area (Å²) in [6, 6.07) is 7.11. The zero-order valence-corrected chi connectivity index (χ0v) is 15.1. The van der Waals surface area contributed by atoms with Gasteiger partial charge < -0.3 is 19.4 Å². The van der Waals surface area contributed by atoms with Gasteiger partial charge in [0.05, 0.1) is 16.9 Å². The number of benzene rings is 1. The van der Waals surface area contributed by atoms with Crippen molar-refractivity contribution in [1.29, 1.82) is 5.53 Å². The van der Waals surface area contributed by atoms with E-state index in [1.54, 1.807) is 32.0 Å². The average Bonchev–Trinajstić information content (AvgIpc) is 3.18. The van der Waals surface area contributed by atoms with Crippen molar-refractivity contribution in [2.24, 2.45) is 5.11 Å². The molecular formula is C18H21N5O3. The smallest absolute Gasteiger partial charge is 0.258 e. The fourth-order valence-corrected chi connectivity index (χ4v) is 2.52. The number of hydrogen-bond acceptors (Lipinski definition) is 8. The molecule has 0 aliphatic rings. The van der Waals surface area contributed by atoms with Gasteiger partial charge in [-0.15, -0.1) is 0 Å². The molecule has 0 aliphatic carbocycles. The number of hydrogen-bond donors (Lipinski definition) is 3. The Bertz CT molecular complexity index is 937. The molecular weight excluding hydrogens is 334 g/mol. The minimum absolute atomic E-state index is 0.331. The minimum Gasteiger partial charge on any atom is -0.466 e. The first-order valence-corrected chi connectivity index (χ1v) is 8.16. The second-order valence-corrected chi connectivity index (χ2v) is 6.76. The van der Waals surface area contributed by atoms with E-state index in [-0.39, 0.29) is 0 Å².